The molecule has 0 unspecified atom stereocenters. The van der Waals surface area contributed by atoms with Gasteiger partial charge in [-0.15, -0.1) is 0 Å². The monoisotopic (exact) mass is 397 g/mol. The molecule has 0 aliphatic rings. The first-order chi connectivity index (χ1) is 12.8. The molecule has 149 valence electrons. The zero-order valence-electron chi connectivity index (χ0n) is 15.3. The summed E-state index contributed by atoms with van der Waals surface area (Å²) in [7, 11) is 0. The van der Waals surface area contributed by atoms with Crippen LogP contribution in [0, 0.1) is 28.0 Å². The lowest BCUT2D eigenvalue weighted by atomic mass is 10.1. The highest BCUT2D eigenvalue weighted by Gasteiger charge is 2.21. The fourth-order valence-electron chi connectivity index (χ4n) is 2.05. The second-order valence-electron chi connectivity index (χ2n) is 6.19. The Labute approximate surface area is 161 Å². The van der Waals surface area contributed by atoms with E-state index in [-0.39, 0.29) is 18.4 Å². The smallest absolute Gasteiger partial charge is 0.252 e. The van der Waals surface area contributed by atoms with Crippen molar-refractivity contribution in [1.29, 1.82) is 5.41 Å². The van der Waals surface area contributed by atoms with Gasteiger partial charge in [0.1, 0.15) is 6.04 Å². The molecule has 1 aromatic rings. The topological polar surface area (TPSA) is 149 Å². The van der Waals surface area contributed by atoms with Gasteiger partial charge in [-0.1, -0.05) is 19.3 Å². The van der Waals surface area contributed by atoms with Gasteiger partial charge in [-0.2, -0.15) is 11.3 Å². The van der Waals surface area contributed by atoms with Gasteiger partial charge in [-0.05, 0) is 36.6 Å². The van der Waals surface area contributed by atoms with E-state index in [4.69, 9.17) is 5.41 Å². The zero-order valence-corrected chi connectivity index (χ0v) is 16.1. The fraction of sp³-hybridized carbons (Fsp3) is 0.500. The quantitative estimate of drug-likeness (QED) is 0.125. The van der Waals surface area contributed by atoms with Gasteiger partial charge in [0.2, 0.25) is 5.91 Å². The minimum Gasteiger partial charge on any atom is -0.352 e. The molecule has 0 bridgehead atoms. The van der Waals surface area contributed by atoms with Crippen LogP contribution in [0.4, 0.5) is 0 Å². The van der Waals surface area contributed by atoms with Gasteiger partial charge in [0.15, 0.2) is 5.03 Å². The molecule has 0 saturated heterocycles. The number of nitro groups is 1. The molecule has 0 aliphatic heterocycles. The lowest BCUT2D eigenvalue weighted by Gasteiger charge is -2.18. The minimum absolute atomic E-state index is 0.244. The molecule has 1 atom stereocenters. The van der Waals surface area contributed by atoms with Crippen LogP contribution in [-0.4, -0.2) is 35.4 Å². The Morgan fingerprint density at radius 1 is 1.41 bits per heavy atom. The van der Waals surface area contributed by atoms with Gasteiger partial charge in [0.25, 0.3) is 11.9 Å². The Kier molecular flexibility index (Phi) is 9.80. The number of nitrogens with one attached hydrogen (secondary N) is 5. The van der Waals surface area contributed by atoms with Gasteiger partial charge in [-0.3, -0.25) is 15.0 Å². The average Bonchev–Trinajstić information content (AvgIpc) is 3.11. The number of rotatable bonds is 11. The first-order valence-electron chi connectivity index (χ1n) is 8.48. The van der Waals surface area contributed by atoms with E-state index in [0.29, 0.717) is 30.7 Å². The maximum Gasteiger partial charge on any atom is 0.252 e. The number of hydrazine groups is 1. The molecule has 0 aromatic carbocycles. The third-order valence-corrected chi connectivity index (χ3v) is 4.10. The normalized spacial score (nSPS) is 11.5. The van der Waals surface area contributed by atoms with E-state index in [1.54, 1.807) is 28.8 Å². The lowest BCUT2D eigenvalue weighted by molar-refractivity contribution is -0.525. The Bertz CT molecular complexity index is 635. The van der Waals surface area contributed by atoms with Crippen LogP contribution in [0.25, 0.3) is 0 Å². The molecule has 1 rings (SSSR count). The molecule has 27 heavy (non-hydrogen) atoms. The van der Waals surface area contributed by atoms with E-state index < -0.39 is 17.0 Å². The molecule has 2 amide bonds. The Balaban J connectivity index is 2.53. The predicted molar refractivity (Wildman–Crippen MR) is 103 cm³/mol. The Hall–Kier alpha value is -2.69. The molecule has 1 aromatic heterocycles. The standard InChI is InChI=1S/C16H25N6O4S/c1-11(2)5-8-18-15(24)13(20-14(23)12-6-9-27-10-12)4-3-7-19-16(17)21-22(25)26/h6,8-11,13H,3-5,7H2,1-2H3,(H,18,24)(H,20,23)(H3,17,19,21)/t13-/m0/s1. The average molecular weight is 397 g/mol. The van der Waals surface area contributed by atoms with Crippen molar-refractivity contribution in [1.82, 2.24) is 21.4 Å². The summed E-state index contributed by atoms with van der Waals surface area (Å²) in [5, 5.41) is 28.1. The summed E-state index contributed by atoms with van der Waals surface area (Å²) < 4.78 is 0. The summed E-state index contributed by atoms with van der Waals surface area (Å²) in [4.78, 5) is 34.9. The number of carbonyl (C=O) groups excluding carboxylic acids is 2. The molecule has 10 nitrogen and oxygen atoms in total. The van der Waals surface area contributed by atoms with Gasteiger partial charge in [0.05, 0.1) is 5.56 Å². The van der Waals surface area contributed by atoms with Crippen LogP contribution < -0.4 is 21.4 Å². The Morgan fingerprint density at radius 3 is 2.74 bits per heavy atom. The van der Waals surface area contributed by atoms with E-state index in [1.165, 1.54) is 11.3 Å². The molecule has 0 saturated carbocycles. The molecule has 1 heterocycles. The van der Waals surface area contributed by atoms with E-state index in [0.717, 1.165) is 0 Å². The first-order valence-corrected chi connectivity index (χ1v) is 9.42. The highest BCUT2D eigenvalue weighted by Crippen LogP contribution is 2.08. The van der Waals surface area contributed by atoms with Gasteiger partial charge in [0, 0.05) is 18.5 Å². The number of hydrogen-bond acceptors (Lipinski definition) is 6. The van der Waals surface area contributed by atoms with E-state index in [9.17, 15) is 19.7 Å². The van der Waals surface area contributed by atoms with E-state index >= 15 is 0 Å². The third kappa shape index (κ3) is 9.54. The van der Waals surface area contributed by atoms with Crippen molar-refractivity contribution in [3.05, 3.63) is 39.0 Å². The summed E-state index contributed by atoms with van der Waals surface area (Å²) in [6, 6.07) is 0.923. The third-order valence-electron chi connectivity index (χ3n) is 3.41. The minimum atomic E-state index is -0.836. The lowest BCUT2D eigenvalue weighted by Crippen LogP contribution is -2.46. The molecular weight excluding hydrogens is 372 g/mol. The number of carbonyl (C=O) groups is 2. The van der Waals surface area contributed by atoms with Crippen molar-refractivity contribution in [2.24, 2.45) is 5.92 Å². The van der Waals surface area contributed by atoms with Crippen LogP contribution >= 0.6 is 11.3 Å². The largest absolute Gasteiger partial charge is 0.352 e. The van der Waals surface area contributed by atoms with Crippen LogP contribution in [-0.2, 0) is 4.79 Å². The fourth-order valence-corrected chi connectivity index (χ4v) is 2.69. The first kappa shape index (κ1) is 22.4. The Morgan fingerprint density at radius 2 is 2.15 bits per heavy atom. The summed E-state index contributed by atoms with van der Waals surface area (Å²) >= 11 is 1.39. The van der Waals surface area contributed by atoms with Crippen molar-refractivity contribution in [3.63, 3.8) is 0 Å². The van der Waals surface area contributed by atoms with Crippen molar-refractivity contribution in [2.75, 3.05) is 6.54 Å². The van der Waals surface area contributed by atoms with Crippen LogP contribution in [0.5, 0.6) is 0 Å². The van der Waals surface area contributed by atoms with Crippen molar-refractivity contribution in [3.8, 4) is 0 Å². The zero-order chi connectivity index (χ0) is 20.2. The van der Waals surface area contributed by atoms with Gasteiger partial charge in [-0.25, -0.2) is 10.1 Å². The molecule has 0 spiro atoms. The highest BCUT2D eigenvalue weighted by molar-refractivity contribution is 7.08. The second-order valence-corrected chi connectivity index (χ2v) is 6.97. The number of hydrogen-bond donors (Lipinski definition) is 5. The van der Waals surface area contributed by atoms with Gasteiger partial charge >= 0.3 is 0 Å². The van der Waals surface area contributed by atoms with Crippen molar-refractivity contribution in [2.45, 2.75) is 39.2 Å². The van der Waals surface area contributed by atoms with Gasteiger partial charge < -0.3 is 16.0 Å². The molecule has 11 heteroatoms. The van der Waals surface area contributed by atoms with Crippen molar-refractivity contribution >= 4 is 29.1 Å². The number of amides is 2. The highest BCUT2D eigenvalue weighted by atomic mass is 32.1. The number of nitrogens with zero attached hydrogens (tertiary/aromatic N) is 1. The predicted octanol–water partition coefficient (Wildman–Crippen LogP) is 1.26. The summed E-state index contributed by atoms with van der Waals surface area (Å²) in [5.41, 5.74) is 2.17. The van der Waals surface area contributed by atoms with Crippen LogP contribution in [0.1, 0.15) is 43.5 Å². The molecule has 5 N–H and O–H groups in total. The van der Waals surface area contributed by atoms with Crippen LogP contribution in [0.2, 0.25) is 0 Å². The summed E-state index contributed by atoms with van der Waals surface area (Å²) in [6.45, 7) is 5.97. The second kappa shape index (κ2) is 11.8. The molecular formula is C16H25N6O4S. The molecule has 0 fully saturated rings. The van der Waals surface area contributed by atoms with E-state index in [2.05, 4.69) is 16.0 Å². The SMILES string of the molecule is CC(C)C[CH]NC(=O)[C@H](CCCNC(=N)N[N+](=O)[O-])NC(=O)c1ccsc1. The van der Waals surface area contributed by atoms with Crippen LogP contribution in [0.3, 0.4) is 0 Å². The number of guanidine groups is 1. The summed E-state index contributed by atoms with van der Waals surface area (Å²) in [6.07, 6.45) is 1.45. The molecule has 1 radical (unpaired) electrons. The van der Waals surface area contributed by atoms with E-state index in [1.807, 2.05) is 13.8 Å². The van der Waals surface area contributed by atoms with Crippen LogP contribution in [0.15, 0.2) is 16.8 Å². The molecule has 0 aliphatic carbocycles. The number of thiophene rings is 1. The maximum atomic E-state index is 12.4. The van der Waals surface area contributed by atoms with Crippen molar-refractivity contribution < 1.29 is 14.6 Å². The maximum absolute atomic E-state index is 12.4. The summed E-state index contributed by atoms with van der Waals surface area (Å²) in [5.74, 6) is -0.698.